The van der Waals surface area contributed by atoms with Gasteiger partial charge in [-0.05, 0) is 36.4 Å². The van der Waals surface area contributed by atoms with Crippen molar-refractivity contribution in [1.82, 2.24) is 0 Å². The third-order valence-corrected chi connectivity index (χ3v) is 3.27. The fourth-order valence-electron chi connectivity index (χ4n) is 1.72. The van der Waals surface area contributed by atoms with Crippen molar-refractivity contribution >= 4 is 21.9 Å². The number of halogens is 1. The van der Waals surface area contributed by atoms with E-state index in [1.165, 1.54) is 26.4 Å². The van der Waals surface area contributed by atoms with E-state index in [1.54, 1.807) is 12.1 Å². The number of hydrogen-bond acceptors (Lipinski definition) is 4. The molecule has 21 heavy (non-hydrogen) atoms. The van der Waals surface area contributed by atoms with Gasteiger partial charge in [-0.1, -0.05) is 15.9 Å². The topological polar surface area (TPSA) is 65.0 Å². The molecule has 5 nitrogen and oxygen atoms in total. The van der Waals surface area contributed by atoms with Gasteiger partial charge in [0.25, 0.3) is 0 Å². The predicted octanol–water partition coefficient (Wildman–Crippen LogP) is 3.96. The van der Waals surface area contributed by atoms with E-state index in [1.807, 2.05) is 12.1 Å². The Labute approximate surface area is 130 Å². The van der Waals surface area contributed by atoms with Crippen LogP contribution >= 0.6 is 15.9 Å². The van der Waals surface area contributed by atoms with Crippen LogP contribution in [0.25, 0.3) is 0 Å². The number of aromatic carboxylic acids is 1. The zero-order valence-corrected chi connectivity index (χ0v) is 13.0. The summed E-state index contributed by atoms with van der Waals surface area (Å²) in [6.07, 6.45) is 0. The van der Waals surface area contributed by atoms with Gasteiger partial charge in [-0.25, -0.2) is 4.79 Å². The van der Waals surface area contributed by atoms with E-state index < -0.39 is 5.97 Å². The Morgan fingerprint density at radius 1 is 1.05 bits per heavy atom. The van der Waals surface area contributed by atoms with Gasteiger partial charge in [0, 0.05) is 4.47 Å². The third-order valence-electron chi connectivity index (χ3n) is 2.74. The van der Waals surface area contributed by atoms with Gasteiger partial charge in [-0.3, -0.25) is 0 Å². The molecular weight excluding hydrogens is 340 g/mol. The standard InChI is InChI=1S/C15H13BrO5/c1-19-12-7-9(15(17)18)8-13(20-2)14(12)21-11-5-3-10(16)4-6-11/h3-8H,1-2H3,(H,17,18). The van der Waals surface area contributed by atoms with E-state index >= 15 is 0 Å². The molecule has 0 saturated carbocycles. The molecule has 2 aromatic rings. The lowest BCUT2D eigenvalue weighted by atomic mass is 10.2. The first-order valence-corrected chi connectivity index (χ1v) is 6.77. The van der Waals surface area contributed by atoms with Crippen LogP contribution in [0.1, 0.15) is 10.4 Å². The minimum atomic E-state index is -1.07. The monoisotopic (exact) mass is 352 g/mol. The number of hydrogen-bond donors (Lipinski definition) is 1. The molecule has 0 aliphatic rings. The maximum Gasteiger partial charge on any atom is 0.335 e. The molecule has 0 aliphatic heterocycles. The molecule has 110 valence electrons. The number of methoxy groups -OCH3 is 2. The van der Waals surface area contributed by atoms with Crippen LogP contribution < -0.4 is 14.2 Å². The zero-order chi connectivity index (χ0) is 15.4. The number of carboxylic acid groups (broad SMARTS) is 1. The second kappa shape index (κ2) is 6.49. The Morgan fingerprint density at radius 3 is 2.00 bits per heavy atom. The lowest BCUT2D eigenvalue weighted by Crippen LogP contribution is -2.01. The molecule has 0 radical (unpaired) electrons. The van der Waals surface area contributed by atoms with Gasteiger partial charge >= 0.3 is 5.97 Å². The van der Waals surface area contributed by atoms with Crippen LogP contribution in [0.3, 0.4) is 0 Å². The summed E-state index contributed by atoms with van der Waals surface area (Å²) in [5.41, 5.74) is 0.0619. The Balaban J connectivity index is 2.45. The maximum absolute atomic E-state index is 11.1. The first-order valence-electron chi connectivity index (χ1n) is 5.98. The smallest absolute Gasteiger partial charge is 0.335 e. The fraction of sp³-hybridized carbons (Fsp3) is 0.133. The number of rotatable bonds is 5. The summed E-state index contributed by atoms with van der Waals surface area (Å²) in [5, 5.41) is 9.08. The van der Waals surface area contributed by atoms with Crippen LogP contribution in [-0.2, 0) is 0 Å². The summed E-state index contributed by atoms with van der Waals surface area (Å²) in [5.74, 6) is 0.413. The van der Waals surface area contributed by atoms with Crippen LogP contribution in [-0.4, -0.2) is 25.3 Å². The van der Waals surface area contributed by atoms with Crippen molar-refractivity contribution in [3.05, 3.63) is 46.4 Å². The van der Waals surface area contributed by atoms with E-state index in [0.29, 0.717) is 11.5 Å². The Bertz CT molecular complexity index is 627. The SMILES string of the molecule is COc1cc(C(=O)O)cc(OC)c1Oc1ccc(Br)cc1. The lowest BCUT2D eigenvalue weighted by molar-refractivity contribution is 0.0696. The summed E-state index contributed by atoms with van der Waals surface area (Å²) in [6.45, 7) is 0. The van der Waals surface area contributed by atoms with Gasteiger partial charge in [0.05, 0.1) is 19.8 Å². The molecule has 0 saturated heterocycles. The average molecular weight is 353 g/mol. The molecule has 0 amide bonds. The van der Waals surface area contributed by atoms with Crippen LogP contribution in [0.2, 0.25) is 0 Å². The molecule has 0 spiro atoms. The molecule has 2 rings (SSSR count). The van der Waals surface area contributed by atoms with E-state index in [4.69, 9.17) is 19.3 Å². The van der Waals surface area contributed by atoms with Crippen molar-refractivity contribution in [3.63, 3.8) is 0 Å². The summed E-state index contributed by atoms with van der Waals surface area (Å²) in [4.78, 5) is 11.1. The first-order chi connectivity index (χ1) is 10.0. The van der Waals surface area contributed by atoms with Crippen molar-refractivity contribution in [1.29, 1.82) is 0 Å². The number of ether oxygens (including phenoxy) is 3. The summed E-state index contributed by atoms with van der Waals surface area (Å²) in [6, 6.07) is 9.99. The molecule has 0 heterocycles. The molecule has 2 aromatic carbocycles. The summed E-state index contributed by atoms with van der Waals surface area (Å²) < 4.78 is 17.1. The fourth-order valence-corrected chi connectivity index (χ4v) is 1.99. The molecule has 0 bridgehead atoms. The highest BCUT2D eigenvalue weighted by atomic mass is 79.9. The van der Waals surface area contributed by atoms with Crippen molar-refractivity contribution < 1.29 is 24.1 Å². The minimum absolute atomic E-state index is 0.0619. The normalized spacial score (nSPS) is 10.0. The molecule has 1 N–H and O–H groups in total. The van der Waals surface area contributed by atoms with Gasteiger partial charge in [0.1, 0.15) is 5.75 Å². The maximum atomic E-state index is 11.1. The highest BCUT2D eigenvalue weighted by Crippen LogP contribution is 2.41. The van der Waals surface area contributed by atoms with Gasteiger partial charge in [0.15, 0.2) is 11.5 Å². The van der Waals surface area contributed by atoms with Gasteiger partial charge in [-0.15, -0.1) is 0 Å². The van der Waals surface area contributed by atoms with Crippen LogP contribution in [0, 0.1) is 0 Å². The van der Waals surface area contributed by atoms with Crippen LogP contribution in [0.5, 0.6) is 23.0 Å². The van der Waals surface area contributed by atoms with Gasteiger partial charge in [-0.2, -0.15) is 0 Å². The van der Waals surface area contributed by atoms with Crippen molar-refractivity contribution in [3.8, 4) is 23.0 Å². The van der Waals surface area contributed by atoms with Crippen molar-refractivity contribution in [2.75, 3.05) is 14.2 Å². The predicted molar refractivity (Wildman–Crippen MR) is 80.7 cm³/mol. The number of benzene rings is 2. The second-order valence-corrected chi connectivity index (χ2v) is 4.99. The summed E-state index contributed by atoms with van der Waals surface area (Å²) in [7, 11) is 2.88. The zero-order valence-electron chi connectivity index (χ0n) is 11.4. The molecule has 0 aromatic heterocycles. The van der Waals surface area contributed by atoms with Gasteiger partial charge in [0.2, 0.25) is 5.75 Å². The van der Waals surface area contributed by atoms with E-state index in [9.17, 15) is 4.79 Å². The molecule has 0 unspecified atom stereocenters. The Kier molecular flexibility index (Phi) is 4.70. The molecular formula is C15H13BrO5. The van der Waals surface area contributed by atoms with E-state index in [-0.39, 0.29) is 17.1 Å². The van der Waals surface area contributed by atoms with Gasteiger partial charge < -0.3 is 19.3 Å². The molecule has 0 atom stereocenters. The largest absolute Gasteiger partial charge is 0.493 e. The summed E-state index contributed by atoms with van der Waals surface area (Å²) >= 11 is 3.34. The number of carbonyl (C=O) groups is 1. The highest BCUT2D eigenvalue weighted by molar-refractivity contribution is 9.10. The van der Waals surface area contributed by atoms with E-state index in [0.717, 1.165) is 4.47 Å². The molecule has 0 fully saturated rings. The van der Waals surface area contributed by atoms with Crippen molar-refractivity contribution in [2.45, 2.75) is 0 Å². The quantitative estimate of drug-likeness (QED) is 0.882. The highest BCUT2D eigenvalue weighted by Gasteiger charge is 2.17. The van der Waals surface area contributed by atoms with Crippen molar-refractivity contribution in [2.24, 2.45) is 0 Å². The van der Waals surface area contributed by atoms with Crippen LogP contribution in [0.15, 0.2) is 40.9 Å². The number of carboxylic acids is 1. The third kappa shape index (κ3) is 3.46. The Morgan fingerprint density at radius 2 is 1.57 bits per heavy atom. The average Bonchev–Trinajstić information content (AvgIpc) is 2.49. The lowest BCUT2D eigenvalue weighted by Gasteiger charge is -2.15. The van der Waals surface area contributed by atoms with E-state index in [2.05, 4.69) is 15.9 Å². The minimum Gasteiger partial charge on any atom is -0.493 e. The molecule has 0 aliphatic carbocycles. The Hall–Kier alpha value is -2.21. The molecule has 6 heteroatoms. The second-order valence-electron chi connectivity index (χ2n) is 4.07. The first kappa shape index (κ1) is 15.2. The van der Waals surface area contributed by atoms with Crippen LogP contribution in [0.4, 0.5) is 0 Å².